The third kappa shape index (κ3) is 4.27. The number of carbonyl (C=O) groups excluding carboxylic acids is 2. The number of carbonyl (C=O) groups is 2. The van der Waals surface area contributed by atoms with Crippen molar-refractivity contribution >= 4 is 17.6 Å². The van der Waals surface area contributed by atoms with E-state index in [1.165, 1.54) is 11.3 Å². The second-order valence-corrected chi connectivity index (χ2v) is 7.06. The Labute approximate surface area is 154 Å². The maximum absolute atomic E-state index is 12.6. The molecular weight excluding hydrogens is 332 g/mol. The van der Waals surface area contributed by atoms with Crippen LogP contribution in [0.25, 0.3) is 0 Å². The number of piperidine rings is 1. The van der Waals surface area contributed by atoms with Crippen LogP contribution in [-0.4, -0.2) is 66.8 Å². The predicted octanol–water partition coefficient (Wildman–Crippen LogP) is 0.856. The van der Waals surface area contributed by atoms with E-state index >= 15 is 0 Å². The number of piperazine rings is 1. The molecule has 3 amide bonds. The molecule has 0 radical (unpaired) electrons. The van der Waals surface area contributed by atoms with Crippen molar-refractivity contribution in [3.63, 3.8) is 0 Å². The summed E-state index contributed by atoms with van der Waals surface area (Å²) in [7, 11) is 0. The minimum atomic E-state index is -0.582. The standard InChI is InChI=1S/C19H28N4O3/c1-14-3-2-4-16(13-14)22-9-5-15(6-10-22)21-19(26)23-11-8-20-18(25)17(23)7-12-24/h2-4,13,15,17,24H,5-12H2,1H3,(H,20,25)(H,21,26)/t17-/m1/s1. The van der Waals surface area contributed by atoms with Gasteiger partial charge in [0.1, 0.15) is 6.04 Å². The molecule has 7 heteroatoms. The summed E-state index contributed by atoms with van der Waals surface area (Å²) in [4.78, 5) is 28.5. The van der Waals surface area contributed by atoms with Crippen LogP contribution in [0.2, 0.25) is 0 Å². The molecule has 0 saturated carbocycles. The summed E-state index contributed by atoms with van der Waals surface area (Å²) < 4.78 is 0. The number of amides is 3. The number of nitrogens with zero attached hydrogens (tertiary/aromatic N) is 2. The van der Waals surface area contributed by atoms with Gasteiger partial charge >= 0.3 is 6.03 Å². The van der Waals surface area contributed by atoms with Gasteiger partial charge in [-0.1, -0.05) is 12.1 Å². The summed E-state index contributed by atoms with van der Waals surface area (Å²) in [5.41, 5.74) is 2.47. The van der Waals surface area contributed by atoms with Crippen molar-refractivity contribution in [3.8, 4) is 0 Å². The van der Waals surface area contributed by atoms with Gasteiger partial charge < -0.3 is 25.5 Å². The van der Waals surface area contributed by atoms with E-state index in [0.29, 0.717) is 13.1 Å². The number of hydrogen-bond acceptors (Lipinski definition) is 4. The van der Waals surface area contributed by atoms with Crippen molar-refractivity contribution < 1.29 is 14.7 Å². The summed E-state index contributed by atoms with van der Waals surface area (Å²) in [6.07, 6.45) is 2.03. The van der Waals surface area contributed by atoms with E-state index in [0.717, 1.165) is 25.9 Å². The highest BCUT2D eigenvalue weighted by molar-refractivity contribution is 5.88. The first-order chi connectivity index (χ1) is 12.6. The third-order valence-corrected chi connectivity index (χ3v) is 5.18. The van der Waals surface area contributed by atoms with Crippen LogP contribution in [0.1, 0.15) is 24.8 Å². The van der Waals surface area contributed by atoms with Crippen LogP contribution in [0.4, 0.5) is 10.5 Å². The Morgan fingerprint density at radius 3 is 2.77 bits per heavy atom. The number of benzene rings is 1. The Morgan fingerprint density at radius 1 is 1.31 bits per heavy atom. The van der Waals surface area contributed by atoms with E-state index in [4.69, 9.17) is 0 Å². The summed E-state index contributed by atoms with van der Waals surface area (Å²) >= 11 is 0. The van der Waals surface area contributed by atoms with Crippen molar-refractivity contribution in [1.29, 1.82) is 0 Å². The molecule has 3 N–H and O–H groups in total. The molecule has 2 saturated heterocycles. The number of aliphatic hydroxyl groups is 1. The molecule has 2 fully saturated rings. The maximum atomic E-state index is 12.6. The van der Waals surface area contributed by atoms with Crippen LogP contribution in [0.5, 0.6) is 0 Å². The molecule has 7 nitrogen and oxygen atoms in total. The van der Waals surface area contributed by atoms with Crippen LogP contribution in [0, 0.1) is 6.92 Å². The van der Waals surface area contributed by atoms with Gasteiger partial charge in [0, 0.05) is 44.5 Å². The average Bonchev–Trinajstić information content (AvgIpc) is 2.64. The highest BCUT2D eigenvalue weighted by Gasteiger charge is 2.33. The van der Waals surface area contributed by atoms with Gasteiger partial charge in [-0.3, -0.25) is 4.79 Å². The first kappa shape index (κ1) is 18.5. The van der Waals surface area contributed by atoms with Gasteiger partial charge in [0.25, 0.3) is 0 Å². The number of aliphatic hydroxyl groups excluding tert-OH is 1. The smallest absolute Gasteiger partial charge is 0.318 e. The van der Waals surface area contributed by atoms with Crippen molar-refractivity contribution in [3.05, 3.63) is 29.8 Å². The lowest BCUT2D eigenvalue weighted by atomic mass is 10.0. The fourth-order valence-corrected chi connectivity index (χ4v) is 3.73. The van der Waals surface area contributed by atoms with Gasteiger partial charge in [-0.2, -0.15) is 0 Å². The van der Waals surface area contributed by atoms with Crippen molar-refractivity contribution in [2.75, 3.05) is 37.7 Å². The molecule has 0 unspecified atom stereocenters. The van der Waals surface area contributed by atoms with E-state index in [2.05, 4.69) is 46.7 Å². The van der Waals surface area contributed by atoms with Crippen molar-refractivity contribution in [1.82, 2.24) is 15.5 Å². The fourth-order valence-electron chi connectivity index (χ4n) is 3.73. The Morgan fingerprint density at radius 2 is 2.08 bits per heavy atom. The molecular formula is C19H28N4O3. The highest BCUT2D eigenvalue weighted by Crippen LogP contribution is 2.21. The molecule has 2 aliphatic rings. The Bertz CT molecular complexity index is 643. The van der Waals surface area contributed by atoms with Gasteiger partial charge in [-0.25, -0.2) is 4.79 Å². The van der Waals surface area contributed by atoms with Gasteiger partial charge in [0.05, 0.1) is 0 Å². The second-order valence-electron chi connectivity index (χ2n) is 7.06. The number of urea groups is 1. The molecule has 142 valence electrons. The predicted molar refractivity (Wildman–Crippen MR) is 100 cm³/mol. The van der Waals surface area contributed by atoms with Crippen LogP contribution < -0.4 is 15.5 Å². The summed E-state index contributed by atoms with van der Waals surface area (Å²) in [5.74, 6) is -0.185. The van der Waals surface area contributed by atoms with Gasteiger partial charge in [0.2, 0.25) is 5.91 Å². The maximum Gasteiger partial charge on any atom is 0.318 e. The molecule has 1 aromatic rings. The van der Waals surface area contributed by atoms with Gasteiger partial charge in [0.15, 0.2) is 0 Å². The fraction of sp³-hybridized carbons (Fsp3) is 0.579. The van der Waals surface area contributed by atoms with Crippen LogP contribution in [-0.2, 0) is 4.79 Å². The monoisotopic (exact) mass is 360 g/mol. The summed E-state index contributed by atoms with van der Waals surface area (Å²) in [6, 6.07) is 7.80. The lowest BCUT2D eigenvalue weighted by Crippen LogP contribution is -2.61. The van der Waals surface area contributed by atoms with E-state index in [1.807, 2.05) is 0 Å². The number of anilines is 1. The van der Waals surface area contributed by atoms with Crippen LogP contribution in [0.15, 0.2) is 24.3 Å². The van der Waals surface area contributed by atoms with E-state index in [9.17, 15) is 14.7 Å². The number of rotatable bonds is 4. The topological polar surface area (TPSA) is 84.9 Å². The van der Waals surface area contributed by atoms with Crippen molar-refractivity contribution in [2.24, 2.45) is 0 Å². The zero-order chi connectivity index (χ0) is 18.5. The number of nitrogens with one attached hydrogen (secondary N) is 2. The average molecular weight is 360 g/mol. The highest BCUT2D eigenvalue weighted by atomic mass is 16.3. The molecule has 0 bridgehead atoms. The Balaban J connectivity index is 1.53. The zero-order valence-electron chi connectivity index (χ0n) is 15.3. The molecule has 0 aliphatic carbocycles. The zero-order valence-corrected chi connectivity index (χ0v) is 15.3. The Hall–Kier alpha value is -2.28. The summed E-state index contributed by atoms with van der Waals surface area (Å²) in [5, 5.41) is 15.0. The lowest BCUT2D eigenvalue weighted by Gasteiger charge is -2.38. The largest absolute Gasteiger partial charge is 0.396 e. The first-order valence-corrected chi connectivity index (χ1v) is 9.36. The minimum Gasteiger partial charge on any atom is -0.396 e. The molecule has 0 aromatic heterocycles. The van der Waals surface area contributed by atoms with E-state index in [1.54, 1.807) is 4.90 Å². The molecule has 2 aliphatic heterocycles. The minimum absolute atomic E-state index is 0.114. The normalized spacial score (nSPS) is 21.5. The molecule has 1 atom stereocenters. The quantitative estimate of drug-likeness (QED) is 0.743. The first-order valence-electron chi connectivity index (χ1n) is 9.36. The number of aryl methyl sites for hydroxylation is 1. The second kappa shape index (κ2) is 8.40. The molecule has 1 aromatic carbocycles. The molecule has 2 heterocycles. The SMILES string of the molecule is Cc1cccc(N2CCC(NC(=O)N3CCNC(=O)[C@H]3CCO)CC2)c1. The van der Waals surface area contributed by atoms with Crippen LogP contribution >= 0.6 is 0 Å². The lowest BCUT2D eigenvalue weighted by molar-refractivity contribution is -0.128. The van der Waals surface area contributed by atoms with E-state index in [-0.39, 0.29) is 31.0 Å². The number of hydrogen-bond donors (Lipinski definition) is 3. The van der Waals surface area contributed by atoms with Gasteiger partial charge in [-0.05, 0) is 43.9 Å². The van der Waals surface area contributed by atoms with Crippen LogP contribution in [0.3, 0.4) is 0 Å². The van der Waals surface area contributed by atoms with E-state index < -0.39 is 6.04 Å². The molecule has 0 spiro atoms. The van der Waals surface area contributed by atoms with Gasteiger partial charge in [-0.15, -0.1) is 0 Å². The van der Waals surface area contributed by atoms with Crippen molar-refractivity contribution in [2.45, 2.75) is 38.3 Å². The molecule has 26 heavy (non-hydrogen) atoms. The molecule has 3 rings (SSSR count). The Kier molecular flexibility index (Phi) is 5.98. The summed E-state index contributed by atoms with van der Waals surface area (Å²) in [6.45, 7) is 4.71. The third-order valence-electron chi connectivity index (χ3n) is 5.18.